The molecule has 3 nitrogen and oxygen atoms in total. The van der Waals surface area contributed by atoms with Gasteiger partial charge in [0.1, 0.15) is 11.6 Å². The Labute approximate surface area is 115 Å². The van der Waals surface area contributed by atoms with Crippen LogP contribution < -0.4 is 5.73 Å². The van der Waals surface area contributed by atoms with Gasteiger partial charge in [0.25, 0.3) is 0 Å². The summed E-state index contributed by atoms with van der Waals surface area (Å²) >= 11 is 0. The van der Waals surface area contributed by atoms with Gasteiger partial charge in [0, 0.05) is 17.3 Å². The maximum absolute atomic E-state index is 13.3. The molecule has 0 spiro atoms. The lowest BCUT2D eigenvalue weighted by Crippen LogP contribution is -1.99. The second-order valence-corrected chi connectivity index (χ2v) is 4.48. The number of imidazole rings is 1. The summed E-state index contributed by atoms with van der Waals surface area (Å²) in [6.45, 7) is 0.367. The maximum atomic E-state index is 13.3. The van der Waals surface area contributed by atoms with Crippen LogP contribution in [0.4, 0.5) is 10.1 Å². The minimum Gasteiger partial charge on any atom is -0.399 e. The van der Waals surface area contributed by atoms with Crippen LogP contribution in [0.15, 0.2) is 42.5 Å². The number of rotatable bonds is 2. The zero-order chi connectivity index (χ0) is 14.1. The highest BCUT2D eigenvalue weighted by atomic mass is 19.1. The summed E-state index contributed by atoms with van der Waals surface area (Å²) in [7, 11) is 0. The van der Waals surface area contributed by atoms with Crippen LogP contribution in [0.3, 0.4) is 0 Å². The second kappa shape index (κ2) is 4.71. The van der Waals surface area contributed by atoms with Gasteiger partial charge in [-0.2, -0.15) is 0 Å². The molecule has 98 valence electrons. The highest BCUT2D eigenvalue weighted by Crippen LogP contribution is 2.26. The smallest absolute Gasteiger partial charge is 0.142 e. The third-order valence-corrected chi connectivity index (χ3v) is 3.10. The van der Waals surface area contributed by atoms with E-state index in [4.69, 9.17) is 12.2 Å². The van der Waals surface area contributed by atoms with Crippen LogP contribution >= 0.6 is 0 Å². The van der Waals surface area contributed by atoms with Crippen molar-refractivity contribution < 1.29 is 4.39 Å². The maximum Gasteiger partial charge on any atom is 0.142 e. The molecule has 0 aliphatic rings. The average molecular weight is 265 g/mol. The summed E-state index contributed by atoms with van der Waals surface area (Å²) in [5.74, 6) is 2.97. The highest BCUT2D eigenvalue weighted by molar-refractivity contribution is 5.81. The molecule has 1 heterocycles. The molecule has 0 fully saturated rings. The molecule has 1 aromatic heterocycles. The van der Waals surface area contributed by atoms with E-state index in [1.165, 1.54) is 12.1 Å². The van der Waals surface area contributed by atoms with E-state index in [2.05, 4.69) is 10.9 Å². The van der Waals surface area contributed by atoms with Crippen LogP contribution in [0.2, 0.25) is 0 Å². The molecule has 3 rings (SSSR count). The quantitative estimate of drug-likeness (QED) is 0.571. The van der Waals surface area contributed by atoms with E-state index in [0.29, 0.717) is 23.6 Å². The lowest BCUT2D eigenvalue weighted by Gasteiger charge is -2.06. The van der Waals surface area contributed by atoms with Crippen molar-refractivity contribution in [3.63, 3.8) is 0 Å². The zero-order valence-corrected chi connectivity index (χ0v) is 10.7. The van der Waals surface area contributed by atoms with Crippen molar-refractivity contribution in [1.29, 1.82) is 0 Å². The van der Waals surface area contributed by atoms with Crippen molar-refractivity contribution in [1.82, 2.24) is 9.55 Å². The Morgan fingerprint density at radius 3 is 2.85 bits per heavy atom. The second-order valence-electron chi connectivity index (χ2n) is 4.48. The number of benzene rings is 2. The van der Waals surface area contributed by atoms with Crippen molar-refractivity contribution >= 4 is 16.7 Å². The zero-order valence-electron chi connectivity index (χ0n) is 10.7. The topological polar surface area (TPSA) is 43.8 Å². The molecule has 0 aliphatic carbocycles. The summed E-state index contributed by atoms with van der Waals surface area (Å²) in [4.78, 5) is 4.48. The Morgan fingerprint density at radius 1 is 1.25 bits per heavy atom. The van der Waals surface area contributed by atoms with Gasteiger partial charge in [-0.3, -0.25) is 0 Å². The third kappa shape index (κ3) is 1.99. The molecule has 20 heavy (non-hydrogen) atoms. The van der Waals surface area contributed by atoms with E-state index in [1.54, 1.807) is 12.1 Å². The Bertz CT molecular complexity index is 827. The molecule has 0 amide bonds. The number of hydrogen-bond acceptors (Lipinski definition) is 2. The van der Waals surface area contributed by atoms with Crippen molar-refractivity contribution in [2.75, 3.05) is 5.73 Å². The minimum absolute atomic E-state index is 0.318. The monoisotopic (exact) mass is 265 g/mol. The molecule has 0 unspecified atom stereocenters. The summed E-state index contributed by atoms with van der Waals surface area (Å²) < 4.78 is 15.2. The standard InChI is InChI=1S/C16H12FN3/c1-2-8-20-15-7-6-12(17)10-14(15)19-16(20)11-4-3-5-13(18)9-11/h1,3-7,9-10H,8,18H2. The molecule has 0 radical (unpaired) electrons. The van der Waals surface area contributed by atoms with Crippen LogP contribution in [0.5, 0.6) is 0 Å². The van der Waals surface area contributed by atoms with Gasteiger partial charge in [0.2, 0.25) is 0 Å². The first kappa shape index (κ1) is 12.2. The number of nitrogen functional groups attached to an aromatic ring is 1. The van der Waals surface area contributed by atoms with Gasteiger partial charge in [-0.05, 0) is 24.3 Å². The molecular formula is C16H12FN3. The number of nitrogens with zero attached hydrogens (tertiary/aromatic N) is 2. The third-order valence-electron chi connectivity index (χ3n) is 3.10. The first-order valence-corrected chi connectivity index (χ1v) is 6.14. The SMILES string of the molecule is C#CCn1c(-c2cccc(N)c2)nc2cc(F)ccc21. The van der Waals surface area contributed by atoms with E-state index in [0.717, 1.165) is 11.1 Å². The first-order valence-electron chi connectivity index (χ1n) is 6.14. The van der Waals surface area contributed by atoms with Gasteiger partial charge in [-0.25, -0.2) is 9.37 Å². The molecule has 2 N–H and O–H groups in total. The van der Waals surface area contributed by atoms with E-state index in [-0.39, 0.29) is 5.82 Å². The van der Waals surface area contributed by atoms with Crippen LogP contribution in [-0.4, -0.2) is 9.55 Å². The lowest BCUT2D eigenvalue weighted by atomic mass is 10.2. The fourth-order valence-corrected chi connectivity index (χ4v) is 2.25. The van der Waals surface area contributed by atoms with Gasteiger partial charge in [-0.15, -0.1) is 6.42 Å². The number of halogens is 1. The van der Waals surface area contributed by atoms with Crippen molar-refractivity contribution in [2.24, 2.45) is 0 Å². The molecule has 0 saturated carbocycles. The predicted molar refractivity (Wildman–Crippen MR) is 78.4 cm³/mol. The Balaban J connectivity index is 2.29. The number of nitrogens with two attached hydrogens (primary N) is 1. The van der Waals surface area contributed by atoms with Gasteiger partial charge >= 0.3 is 0 Å². The Morgan fingerprint density at radius 2 is 2.10 bits per heavy atom. The molecule has 0 atom stereocenters. The van der Waals surface area contributed by atoms with Crippen molar-refractivity contribution in [3.8, 4) is 23.7 Å². The van der Waals surface area contributed by atoms with Crippen LogP contribution in [0.25, 0.3) is 22.4 Å². The fraction of sp³-hybridized carbons (Fsp3) is 0.0625. The van der Waals surface area contributed by atoms with Crippen molar-refractivity contribution in [3.05, 3.63) is 48.3 Å². The number of hydrogen-bond donors (Lipinski definition) is 1. The van der Waals surface area contributed by atoms with Crippen LogP contribution in [-0.2, 0) is 6.54 Å². The van der Waals surface area contributed by atoms with Gasteiger partial charge in [0.15, 0.2) is 0 Å². The predicted octanol–water partition coefficient (Wildman–Crippen LogP) is 3.06. The summed E-state index contributed by atoms with van der Waals surface area (Å²) in [5, 5.41) is 0. The number of terminal acetylenes is 1. The number of anilines is 1. The summed E-state index contributed by atoms with van der Waals surface area (Å²) in [6.07, 6.45) is 5.42. The van der Waals surface area contributed by atoms with Crippen LogP contribution in [0.1, 0.15) is 0 Å². The van der Waals surface area contributed by atoms with Gasteiger partial charge in [-0.1, -0.05) is 18.1 Å². The van der Waals surface area contributed by atoms with E-state index >= 15 is 0 Å². The molecule has 0 bridgehead atoms. The first-order chi connectivity index (χ1) is 9.69. The molecular weight excluding hydrogens is 253 g/mol. The van der Waals surface area contributed by atoms with E-state index in [1.807, 2.05) is 22.8 Å². The summed E-state index contributed by atoms with van der Waals surface area (Å²) in [6, 6.07) is 11.9. The van der Waals surface area contributed by atoms with Crippen LogP contribution in [0, 0.1) is 18.2 Å². The molecule has 0 aliphatic heterocycles. The molecule has 3 aromatic rings. The van der Waals surface area contributed by atoms with Gasteiger partial charge in [0.05, 0.1) is 17.6 Å². The summed E-state index contributed by atoms with van der Waals surface area (Å²) in [5.41, 5.74) is 8.69. The number of aromatic nitrogens is 2. The Kier molecular flexibility index (Phi) is 2.88. The largest absolute Gasteiger partial charge is 0.399 e. The van der Waals surface area contributed by atoms with Crippen molar-refractivity contribution in [2.45, 2.75) is 6.54 Å². The molecule has 0 saturated heterocycles. The number of fused-ring (bicyclic) bond motifs is 1. The molecule has 2 aromatic carbocycles. The fourth-order valence-electron chi connectivity index (χ4n) is 2.25. The van der Waals surface area contributed by atoms with E-state index < -0.39 is 0 Å². The van der Waals surface area contributed by atoms with E-state index in [9.17, 15) is 4.39 Å². The Hall–Kier alpha value is -2.80. The lowest BCUT2D eigenvalue weighted by molar-refractivity contribution is 0.629. The highest BCUT2D eigenvalue weighted by Gasteiger charge is 2.12. The minimum atomic E-state index is -0.318. The average Bonchev–Trinajstić information content (AvgIpc) is 2.77. The van der Waals surface area contributed by atoms with Gasteiger partial charge < -0.3 is 10.3 Å². The molecule has 4 heteroatoms. The normalized spacial score (nSPS) is 10.6.